The lowest BCUT2D eigenvalue weighted by molar-refractivity contribution is 0.102. The van der Waals surface area contributed by atoms with Crippen molar-refractivity contribution in [2.45, 2.75) is 11.9 Å². The average molecular weight is 458 g/mol. The van der Waals surface area contributed by atoms with Gasteiger partial charge < -0.3 is 19.5 Å². The maximum Gasteiger partial charge on any atom is 0.255 e. The molecule has 1 aromatic heterocycles. The zero-order valence-corrected chi connectivity index (χ0v) is 18.9. The molecular weight excluding hydrogens is 434 g/mol. The maximum absolute atomic E-state index is 12.7. The quantitative estimate of drug-likeness (QED) is 0.548. The third-order valence-electron chi connectivity index (χ3n) is 4.70. The number of nitrogens with one attached hydrogen (secondary N) is 1. The minimum absolute atomic E-state index is 0.0403. The second kappa shape index (κ2) is 9.65. The molecule has 9 nitrogen and oxygen atoms in total. The van der Waals surface area contributed by atoms with E-state index in [2.05, 4.69) is 15.5 Å². The molecule has 0 aliphatic rings. The first-order chi connectivity index (χ1) is 15.3. The molecule has 0 aliphatic carbocycles. The van der Waals surface area contributed by atoms with Crippen molar-refractivity contribution in [1.29, 1.82) is 0 Å². The minimum Gasteiger partial charge on any atom is -0.493 e. The smallest absolute Gasteiger partial charge is 0.255 e. The Morgan fingerprint density at radius 1 is 0.906 bits per heavy atom. The summed E-state index contributed by atoms with van der Waals surface area (Å²) in [5.41, 5.74) is 2.14. The fourth-order valence-corrected chi connectivity index (χ4v) is 3.66. The number of benzene rings is 2. The van der Waals surface area contributed by atoms with E-state index >= 15 is 0 Å². The molecule has 0 bridgehead atoms. The molecule has 1 amide bonds. The number of nitrogens with zero attached hydrogens (tertiary/aromatic N) is 2. The Hall–Kier alpha value is -3.66. The van der Waals surface area contributed by atoms with E-state index in [9.17, 15) is 13.2 Å². The Kier molecular flexibility index (Phi) is 6.94. The van der Waals surface area contributed by atoms with Crippen LogP contribution in [0.15, 0.2) is 53.6 Å². The van der Waals surface area contributed by atoms with Gasteiger partial charge in [0.25, 0.3) is 5.91 Å². The standard InChI is InChI=1S/C22H23N3O6S/c1-5-32(27,28)20-11-10-17(24-25-20)14-6-8-16(9-7-14)23-22(26)15-12-18(29-2)21(31-4)19(13-15)30-3/h6-13H,5H2,1-4H3,(H,23,26). The van der Waals surface area contributed by atoms with Crippen LogP contribution in [0.4, 0.5) is 5.69 Å². The Morgan fingerprint density at radius 3 is 2.00 bits per heavy atom. The highest BCUT2D eigenvalue weighted by Gasteiger charge is 2.17. The highest BCUT2D eigenvalue weighted by molar-refractivity contribution is 7.91. The van der Waals surface area contributed by atoms with Gasteiger partial charge in [-0.25, -0.2) is 8.42 Å². The molecule has 168 valence electrons. The van der Waals surface area contributed by atoms with Crippen molar-refractivity contribution in [3.8, 4) is 28.5 Å². The lowest BCUT2D eigenvalue weighted by Gasteiger charge is -2.14. The Morgan fingerprint density at radius 2 is 1.53 bits per heavy atom. The van der Waals surface area contributed by atoms with Gasteiger partial charge in [0.05, 0.1) is 32.8 Å². The number of ether oxygens (including phenoxy) is 3. The summed E-state index contributed by atoms with van der Waals surface area (Å²) < 4.78 is 39.6. The molecule has 10 heteroatoms. The molecule has 3 rings (SSSR count). The molecule has 1 N–H and O–H groups in total. The predicted octanol–water partition coefficient (Wildman–Crippen LogP) is 3.22. The van der Waals surface area contributed by atoms with Crippen LogP contribution in [0.25, 0.3) is 11.3 Å². The van der Waals surface area contributed by atoms with Gasteiger partial charge in [-0.2, -0.15) is 0 Å². The van der Waals surface area contributed by atoms with Crippen LogP contribution in [-0.4, -0.2) is 51.6 Å². The molecule has 0 saturated carbocycles. The normalized spacial score (nSPS) is 11.0. The van der Waals surface area contributed by atoms with Crippen molar-refractivity contribution in [1.82, 2.24) is 10.2 Å². The zero-order valence-electron chi connectivity index (χ0n) is 18.1. The number of anilines is 1. The van der Waals surface area contributed by atoms with Crippen LogP contribution < -0.4 is 19.5 Å². The van der Waals surface area contributed by atoms with Gasteiger partial charge >= 0.3 is 0 Å². The van der Waals surface area contributed by atoms with Crippen molar-refractivity contribution in [3.63, 3.8) is 0 Å². The number of aromatic nitrogens is 2. The van der Waals surface area contributed by atoms with Gasteiger partial charge in [-0.05, 0) is 36.4 Å². The summed E-state index contributed by atoms with van der Waals surface area (Å²) in [5, 5.41) is 10.6. The second-order valence-electron chi connectivity index (χ2n) is 6.61. The number of methoxy groups -OCH3 is 3. The minimum atomic E-state index is -3.41. The monoisotopic (exact) mass is 457 g/mol. The molecule has 0 saturated heterocycles. The highest BCUT2D eigenvalue weighted by atomic mass is 32.2. The van der Waals surface area contributed by atoms with Gasteiger partial charge in [0.1, 0.15) is 0 Å². The van der Waals surface area contributed by atoms with E-state index in [1.54, 1.807) is 49.4 Å². The fraction of sp³-hybridized carbons (Fsp3) is 0.227. The van der Waals surface area contributed by atoms with E-state index < -0.39 is 9.84 Å². The van der Waals surface area contributed by atoms with Gasteiger partial charge in [-0.3, -0.25) is 4.79 Å². The topological polar surface area (TPSA) is 117 Å². The molecule has 0 fully saturated rings. The van der Waals surface area contributed by atoms with Gasteiger partial charge in [0.2, 0.25) is 5.75 Å². The van der Waals surface area contributed by atoms with Crippen molar-refractivity contribution in [2.24, 2.45) is 0 Å². The number of amides is 1. The maximum atomic E-state index is 12.7. The molecule has 0 aliphatic heterocycles. The lowest BCUT2D eigenvalue weighted by atomic mass is 10.1. The molecule has 0 atom stereocenters. The molecule has 32 heavy (non-hydrogen) atoms. The summed E-state index contributed by atoms with van der Waals surface area (Å²) in [6, 6.07) is 13.1. The van der Waals surface area contributed by atoms with Crippen LogP contribution in [0.5, 0.6) is 17.2 Å². The fourth-order valence-electron chi connectivity index (χ4n) is 2.93. The third-order valence-corrected chi connectivity index (χ3v) is 6.32. The molecule has 0 unspecified atom stereocenters. The largest absolute Gasteiger partial charge is 0.493 e. The summed E-state index contributed by atoms with van der Waals surface area (Å²) in [4.78, 5) is 12.7. The average Bonchev–Trinajstić information content (AvgIpc) is 2.83. The van der Waals surface area contributed by atoms with E-state index in [-0.39, 0.29) is 16.7 Å². The van der Waals surface area contributed by atoms with Gasteiger partial charge in [-0.1, -0.05) is 19.1 Å². The molecule has 1 heterocycles. The molecular formula is C22H23N3O6S. The van der Waals surface area contributed by atoms with E-state index in [0.29, 0.717) is 34.2 Å². The summed E-state index contributed by atoms with van der Waals surface area (Å²) in [5.74, 6) is 0.751. The first-order valence-electron chi connectivity index (χ1n) is 9.61. The van der Waals surface area contributed by atoms with Crippen LogP contribution in [0.3, 0.4) is 0 Å². The van der Waals surface area contributed by atoms with Gasteiger partial charge in [0.15, 0.2) is 26.4 Å². The van der Waals surface area contributed by atoms with Crippen molar-refractivity contribution < 1.29 is 27.4 Å². The van der Waals surface area contributed by atoms with Gasteiger partial charge in [0, 0.05) is 16.8 Å². The number of carbonyl (C=O) groups is 1. The molecule has 0 spiro atoms. The van der Waals surface area contributed by atoms with Crippen molar-refractivity contribution in [3.05, 3.63) is 54.1 Å². The number of carbonyl (C=O) groups excluding carboxylic acids is 1. The van der Waals surface area contributed by atoms with Crippen molar-refractivity contribution >= 4 is 21.4 Å². The van der Waals surface area contributed by atoms with Crippen LogP contribution in [0.2, 0.25) is 0 Å². The van der Waals surface area contributed by atoms with Crippen LogP contribution in [0, 0.1) is 0 Å². The molecule has 3 aromatic rings. The predicted molar refractivity (Wildman–Crippen MR) is 119 cm³/mol. The Bertz CT molecular complexity index is 1180. The zero-order chi connectivity index (χ0) is 23.3. The Balaban J connectivity index is 1.78. The summed E-state index contributed by atoms with van der Waals surface area (Å²) in [6.45, 7) is 1.55. The highest BCUT2D eigenvalue weighted by Crippen LogP contribution is 2.38. The van der Waals surface area contributed by atoms with E-state index in [1.165, 1.54) is 27.4 Å². The first-order valence-corrected chi connectivity index (χ1v) is 11.3. The molecule has 2 aromatic carbocycles. The van der Waals surface area contributed by atoms with Crippen LogP contribution >= 0.6 is 0 Å². The number of rotatable bonds is 8. The SMILES string of the molecule is CCS(=O)(=O)c1ccc(-c2ccc(NC(=O)c3cc(OC)c(OC)c(OC)c3)cc2)nn1. The van der Waals surface area contributed by atoms with E-state index in [1.807, 2.05) is 0 Å². The lowest BCUT2D eigenvalue weighted by Crippen LogP contribution is -2.12. The second-order valence-corrected chi connectivity index (χ2v) is 8.83. The Labute approximate surface area is 186 Å². The van der Waals surface area contributed by atoms with Crippen LogP contribution in [0.1, 0.15) is 17.3 Å². The summed E-state index contributed by atoms with van der Waals surface area (Å²) >= 11 is 0. The molecule has 0 radical (unpaired) electrons. The number of hydrogen-bond donors (Lipinski definition) is 1. The van der Waals surface area contributed by atoms with Gasteiger partial charge in [-0.15, -0.1) is 10.2 Å². The number of hydrogen-bond acceptors (Lipinski definition) is 8. The van der Waals surface area contributed by atoms with Crippen LogP contribution in [-0.2, 0) is 9.84 Å². The first kappa shape index (κ1) is 23.0. The van der Waals surface area contributed by atoms with E-state index in [4.69, 9.17) is 14.2 Å². The summed E-state index contributed by atoms with van der Waals surface area (Å²) in [7, 11) is 1.04. The third kappa shape index (κ3) is 4.80. The summed E-state index contributed by atoms with van der Waals surface area (Å²) in [6.07, 6.45) is 0. The number of sulfone groups is 1. The van der Waals surface area contributed by atoms with Crippen molar-refractivity contribution in [2.75, 3.05) is 32.4 Å². The van der Waals surface area contributed by atoms with E-state index in [0.717, 1.165) is 5.56 Å².